The summed E-state index contributed by atoms with van der Waals surface area (Å²) in [7, 11) is 0. The van der Waals surface area contributed by atoms with Crippen molar-refractivity contribution in [3.8, 4) is 0 Å². The third kappa shape index (κ3) is 4.67. The fourth-order valence-corrected chi connectivity index (χ4v) is 6.43. The second kappa shape index (κ2) is 11.2. The van der Waals surface area contributed by atoms with Crippen LogP contribution in [-0.4, -0.2) is 82.3 Å². The predicted molar refractivity (Wildman–Crippen MR) is 132 cm³/mol. The van der Waals surface area contributed by atoms with E-state index >= 15 is 0 Å². The molecular formula is C27H42N2O6. The number of amides is 2. The van der Waals surface area contributed by atoms with E-state index in [1.165, 1.54) is 6.08 Å². The molecule has 3 heterocycles. The lowest BCUT2D eigenvalue weighted by Gasteiger charge is -2.38. The number of unbranched alkanes of at least 4 members (excludes halogenated alkanes) is 3. The van der Waals surface area contributed by atoms with Crippen LogP contribution in [0.25, 0.3) is 0 Å². The van der Waals surface area contributed by atoms with Gasteiger partial charge >= 0.3 is 5.97 Å². The van der Waals surface area contributed by atoms with Crippen LogP contribution in [0.3, 0.4) is 0 Å². The zero-order valence-corrected chi connectivity index (χ0v) is 21.5. The summed E-state index contributed by atoms with van der Waals surface area (Å²) in [4.78, 5) is 44.7. The summed E-state index contributed by atoms with van der Waals surface area (Å²) in [5, 5.41) is 9.08. The van der Waals surface area contributed by atoms with Crippen molar-refractivity contribution in [1.29, 1.82) is 0 Å². The highest BCUT2D eigenvalue weighted by atomic mass is 16.6. The Hall–Kier alpha value is -2.19. The Morgan fingerprint density at radius 3 is 2.54 bits per heavy atom. The van der Waals surface area contributed by atoms with E-state index in [0.29, 0.717) is 45.2 Å². The maximum absolute atomic E-state index is 14.1. The van der Waals surface area contributed by atoms with E-state index in [9.17, 15) is 14.4 Å². The maximum Gasteiger partial charge on any atom is 0.313 e. The summed E-state index contributed by atoms with van der Waals surface area (Å²) in [5.74, 6) is -2.27. The molecule has 0 radical (unpaired) electrons. The molecule has 2 bridgehead atoms. The molecule has 0 aliphatic carbocycles. The molecule has 0 aromatic rings. The third-order valence-electron chi connectivity index (χ3n) is 8.05. The molecule has 0 saturated carbocycles. The fourth-order valence-electron chi connectivity index (χ4n) is 6.43. The lowest BCUT2D eigenvalue weighted by molar-refractivity contribution is -0.161. The second-order valence-electron chi connectivity index (χ2n) is 10.3. The minimum Gasteiger partial charge on any atom is -0.461 e. The number of nitrogens with zero attached hydrogens (tertiary/aromatic N) is 2. The molecule has 1 spiro atoms. The van der Waals surface area contributed by atoms with Crippen LogP contribution in [0.2, 0.25) is 0 Å². The maximum atomic E-state index is 14.1. The summed E-state index contributed by atoms with van der Waals surface area (Å²) >= 11 is 0. The standard InChI is InChI=1S/C27H42N2O6/c1-6-15-28(19(4)5)24(32)22-27-14-13-26(8-3,35-27)21(25(33)34-18-7-2)20(27)23(31)29(22)16-11-9-10-12-17-30/h6-7,19-22,30H,1-2,8-18H2,3-5H3/t20-,21+,22?,26-,27?/m0/s1. The van der Waals surface area contributed by atoms with Crippen LogP contribution in [0.1, 0.15) is 65.7 Å². The van der Waals surface area contributed by atoms with E-state index in [2.05, 4.69) is 13.2 Å². The van der Waals surface area contributed by atoms with Crippen molar-refractivity contribution in [2.45, 2.75) is 89.0 Å². The van der Waals surface area contributed by atoms with Gasteiger partial charge in [0, 0.05) is 25.7 Å². The second-order valence-corrected chi connectivity index (χ2v) is 10.3. The first-order chi connectivity index (χ1) is 16.7. The minimum atomic E-state index is -1.04. The van der Waals surface area contributed by atoms with E-state index in [-0.39, 0.29) is 31.1 Å². The minimum absolute atomic E-state index is 0.0699. The first-order valence-electron chi connectivity index (χ1n) is 13.0. The van der Waals surface area contributed by atoms with Crippen LogP contribution in [-0.2, 0) is 23.9 Å². The van der Waals surface area contributed by atoms with Gasteiger partial charge in [0.1, 0.15) is 24.2 Å². The van der Waals surface area contributed by atoms with Gasteiger partial charge < -0.3 is 24.4 Å². The highest BCUT2D eigenvalue weighted by Gasteiger charge is 2.79. The SMILES string of the molecule is C=CCOC(=O)[C@H]1[C@H]2C(=O)N(CCCCCCO)C(C(=O)N(CC=C)C(C)C)C23CC[C@]1(CC)O3. The quantitative estimate of drug-likeness (QED) is 0.229. The number of esters is 1. The zero-order chi connectivity index (χ0) is 25.8. The molecular weight excluding hydrogens is 448 g/mol. The van der Waals surface area contributed by atoms with Gasteiger partial charge in [-0.2, -0.15) is 0 Å². The smallest absolute Gasteiger partial charge is 0.313 e. The number of carbonyl (C=O) groups is 3. The number of hydrogen-bond acceptors (Lipinski definition) is 6. The van der Waals surface area contributed by atoms with Crippen LogP contribution in [0.4, 0.5) is 0 Å². The molecule has 2 amide bonds. The molecule has 3 fully saturated rings. The fraction of sp³-hybridized carbons (Fsp3) is 0.741. The van der Waals surface area contributed by atoms with Crippen LogP contribution >= 0.6 is 0 Å². The van der Waals surface area contributed by atoms with Gasteiger partial charge in [-0.15, -0.1) is 6.58 Å². The van der Waals surface area contributed by atoms with Gasteiger partial charge in [-0.25, -0.2) is 0 Å². The normalized spacial score (nSPS) is 31.1. The Labute approximate surface area is 209 Å². The molecule has 3 saturated heterocycles. The molecule has 1 N–H and O–H groups in total. The van der Waals surface area contributed by atoms with Gasteiger partial charge in [0.25, 0.3) is 0 Å². The molecule has 35 heavy (non-hydrogen) atoms. The van der Waals surface area contributed by atoms with Gasteiger partial charge in [-0.3, -0.25) is 14.4 Å². The molecule has 3 aliphatic rings. The molecule has 2 unspecified atom stereocenters. The van der Waals surface area contributed by atoms with Crippen LogP contribution in [0.5, 0.6) is 0 Å². The molecule has 5 atom stereocenters. The first-order valence-corrected chi connectivity index (χ1v) is 13.0. The van der Waals surface area contributed by atoms with Crippen molar-refractivity contribution < 1.29 is 29.0 Å². The monoisotopic (exact) mass is 490 g/mol. The lowest BCUT2D eigenvalue weighted by Crippen LogP contribution is -2.57. The number of ether oxygens (including phenoxy) is 2. The predicted octanol–water partition coefficient (Wildman–Crippen LogP) is 2.85. The van der Waals surface area contributed by atoms with Crippen molar-refractivity contribution in [2.75, 3.05) is 26.3 Å². The Bertz CT molecular complexity index is 828. The Kier molecular flexibility index (Phi) is 8.81. The highest BCUT2D eigenvalue weighted by Crippen LogP contribution is 2.64. The number of aliphatic hydroxyl groups excluding tert-OH is 1. The number of carbonyl (C=O) groups excluding carboxylic acids is 3. The van der Waals surface area contributed by atoms with Gasteiger partial charge in [0.15, 0.2) is 0 Å². The molecule has 0 aromatic heterocycles. The summed E-state index contributed by atoms with van der Waals surface area (Å²) in [6.45, 7) is 14.3. The van der Waals surface area contributed by atoms with E-state index in [4.69, 9.17) is 14.6 Å². The van der Waals surface area contributed by atoms with E-state index < -0.39 is 35.0 Å². The number of hydrogen-bond donors (Lipinski definition) is 1. The Balaban J connectivity index is 2.01. The van der Waals surface area contributed by atoms with E-state index in [1.54, 1.807) is 15.9 Å². The van der Waals surface area contributed by atoms with Gasteiger partial charge in [0.05, 0.1) is 11.5 Å². The zero-order valence-electron chi connectivity index (χ0n) is 21.5. The van der Waals surface area contributed by atoms with Gasteiger partial charge in [-0.1, -0.05) is 38.5 Å². The van der Waals surface area contributed by atoms with Crippen molar-refractivity contribution in [3.05, 3.63) is 25.3 Å². The number of aliphatic hydroxyl groups is 1. The summed E-state index contributed by atoms with van der Waals surface area (Å²) < 4.78 is 12.2. The molecule has 3 rings (SSSR count). The van der Waals surface area contributed by atoms with E-state index in [1.807, 2.05) is 20.8 Å². The van der Waals surface area contributed by atoms with Gasteiger partial charge in [0.2, 0.25) is 11.8 Å². The third-order valence-corrected chi connectivity index (χ3v) is 8.05. The number of rotatable bonds is 14. The molecule has 0 aromatic carbocycles. The average molecular weight is 491 g/mol. The van der Waals surface area contributed by atoms with Crippen molar-refractivity contribution in [3.63, 3.8) is 0 Å². The van der Waals surface area contributed by atoms with Crippen LogP contribution < -0.4 is 0 Å². The van der Waals surface area contributed by atoms with Gasteiger partial charge in [-0.05, 0) is 46.0 Å². The summed E-state index contributed by atoms with van der Waals surface area (Å²) in [6.07, 6.45) is 8.05. The lowest BCUT2D eigenvalue weighted by atomic mass is 9.65. The van der Waals surface area contributed by atoms with Crippen LogP contribution in [0.15, 0.2) is 25.3 Å². The summed E-state index contributed by atoms with van der Waals surface area (Å²) in [6, 6.07) is -0.865. The molecule has 196 valence electrons. The average Bonchev–Trinajstić information content (AvgIpc) is 3.44. The first kappa shape index (κ1) is 27.4. The van der Waals surface area contributed by atoms with Crippen molar-refractivity contribution in [1.82, 2.24) is 9.80 Å². The largest absolute Gasteiger partial charge is 0.461 e. The molecule has 3 aliphatic heterocycles. The Morgan fingerprint density at radius 1 is 1.23 bits per heavy atom. The topological polar surface area (TPSA) is 96.4 Å². The van der Waals surface area contributed by atoms with Crippen molar-refractivity contribution in [2.24, 2.45) is 11.8 Å². The van der Waals surface area contributed by atoms with E-state index in [0.717, 1.165) is 12.8 Å². The Morgan fingerprint density at radius 2 is 1.94 bits per heavy atom. The number of fused-ring (bicyclic) bond motifs is 1. The van der Waals surface area contributed by atoms with Crippen molar-refractivity contribution >= 4 is 17.8 Å². The molecule has 8 heteroatoms. The number of likely N-dealkylation sites (tertiary alicyclic amines) is 1. The van der Waals surface area contributed by atoms with Crippen LogP contribution in [0, 0.1) is 11.8 Å². The summed E-state index contributed by atoms with van der Waals surface area (Å²) in [5.41, 5.74) is -1.84. The highest BCUT2D eigenvalue weighted by molar-refractivity contribution is 5.98. The molecule has 8 nitrogen and oxygen atoms in total.